The molecule has 0 saturated heterocycles. The largest absolute Gasteiger partial charge is 0.446 e. The third kappa shape index (κ3) is 6.07. The highest BCUT2D eigenvalue weighted by molar-refractivity contribution is 5.97. The van der Waals surface area contributed by atoms with E-state index in [9.17, 15) is 19.2 Å². The average Bonchev–Trinajstić information content (AvgIpc) is 3.10. The lowest BCUT2D eigenvalue weighted by Gasteiger charge is -2.37. The number of nitrogens with two attached hydrogens (primary N) is 1. The van der Waals surface area contributed by atoms with E-state index in [4.69, 9.17) is 10.5 Å². The topological polar surface area (TPSA) is 131 Å². The molecular formula is C29H46N4O5. The monoisotopic (exact) mass is 530 g/mol. The zero-order valence-corrected chi connectivity index (χ0v) is 24.2. The number of hydrogen-bond donors (Lipinski definition) is 3. The second-order valence-electron chi connectivity index (χ2n) is 13.3. The summed E-state index contributed by atoms with van der Waals surface area (Å²) in [5.41, 5.74) is 5.84. The molecule has 0 aromatic rings. The number of nitrogens with zero attached hydrogens (tertiary/aromatic N) is 1. The van der Waals surface area contributed by atoms with Crippen molar-refractivity contribution in [2.24, 2.45) is 34.3 Å². The fourth-order valence-corrected chi connectivity index (χ4v) is 5.33. The van der Waals surface area contributed by atoms with E-state index in [1.807, 2.05) is 48.5 Å². The van der Waals surface area contributed by atoms with Gasteiger partial charge in [-0.15, -0.1) is 0 Å². The van der Waals surface area contributed by atoms with Crippen LogP contribution in [0.25, 0.3) is 0 Å². The number of amides is 4. The van der Waals surface area contributed by atoms with E-state index in [-0.39, 0.29) is 40.7 Å². The van der Waals surface area contributed by atoms with Crippen LogP contribution in [0.5, 0.6) is 0 Å². The normalized spacial score (nSPS) is 24.3. The Labute approximate surface area is 227 Å². The van der Waals surface area contributed by atoms with Crippen LogP contribution in [0, 0.1) is 28.6 Å². The molecule has 212 valence electrons. The van der Waals surface area contributed by atoms with Crippen LogP contribution < -0.4 is 16.4 Å². The van der Waals surface area contributed by atoms with E-state index >= 15 is 0 Å². The van der Waals surface area contributed by atoms with Crippen molar-refractivity contribution in [3.8, 4) is 0 Å². The SMILES string of the molecule is C=C(C(N)=O)C(CC1CCC1)NC(=O)C1C2C(=CN1C(=O)C(NC(=O)OC(C)C(C)C)C(C)(C)C)C2(C)C. The van der Waals surface area contributed by atoms with Gasteiger partial charge < -0.3 is 26.0 Å². The first-order valence-electron chi connectivity index (χ1n) is 13.8. The Bertz CT molecular complexity index is 1020. The Morgan fingerprint density at radius 2 is 1.76 bits per heavy atom. The molecule has 5 unspecified atom stereocenters. The molecule has 0 bridgehead atoms. The van der Waals surface area contributed by atoms with Gasteiger partial charge in [-0.2, -0.15) is 0 Å². The first-order chi connectivity index (χ1) is 17.5. The first-order valence-corrected chi connectivity index (χ1v) is 13.8. The summed E-state index contributed by atoms with van der Waals surface area (Å²) in [6.45, 7) is 19.2. The van der Waals surface area contributed by atoms with E-state index in [0.717, 1.165) is 24.8 Å². The maximum Gasteiger partial charge on any atom is 0.408 e. The van der Waals surface area contributed by atoms with Gasteiger partial charge in [0.25, 0.3) is 5.91 Å². The maximum atomic E-state index is 13.9. The van der Waals surface area contributed by atoms with Crippen molar-refractivity contribution in [3.63, 3.8) is 0 Å². The second kappa shape index (κ2) is 10.7. The number of carbonyl (C=O) groups excluding carboxylic acids is 4. The summed E-state index contributed by atoms with van der Waals surface area (Å²) in [5, 5.41) is 5.75. The number of hydrogen-bond acceptors (Lipinski definition) is 5. The van der Waals surface area contributed by atoms with Crippen LogP contribution in [0.3, 0.4) is 0 Å². The van der Waals surface area contributed by atoms with Crippen molar-refractivity contribution in [1.29, 1.82) is 0 Å². The number of carbonyl (C=O) groups is 4. The molecule has 1 aliphatic heterocycles. The highest BCUT2D eigenvalue weighted by Crippen LogP contribution is 2.64. The summed E-state index contributed by atoms with van der Waals surface area (Å²) in [7, 11) is 0. The van der Waals surface area contributed by atoms with E-state index in [1.165, 1.54) is 4.90 Å². The molecule has 2 aliphatic carbocycles. The van der Waals surface area contributed by atoms with Gasteiger partial charge in [0.05, 0.1) is 6.04 Å². The van der Waals surface area contributed by atoms with Gasteiger partial charge in [0.1, 0.15) is 18.2 Å². The van der Waals surface area contributed by atoms with Crippen molar-refractivity contribution in [3.05, 3.63) is 23.9 Å². The molecule has 0 radical (unpaired) electrons. The average molecular weight is 531 g/mol. The second-order valence-corrected chi connectivity index (χ2v) is 13.3. The summed E-state index contributed by atoms with van der Waals surface area (Å²) in [6, 6.07) is -2.31. The minimum Gasteiger partial charge on any atom is -0.446 e. The zero-order valence-electron chi connectivity index (χ0n) is 24.2. The fourth-order valence-electron chi connectivity index (χ4n) is 5.33. The van der Waals surface area contributed by atoms with Gasteiger partial charge in [-0.3, -0.25) is 14.4 Å². The Kier molecular flexibility index (Phi) is 8.39. The van der Waals surface area contributed by atoms with Crippen molar-refractivity contribution >= 4 is 23.8 Å². The first kappa shape index (κ1) is 29.7. The summed E-state index contributed by atoms with van der Waals surface area (Å²) in [5.74, 6) is -1.00. The Morgan fingerprint density at radius 1 is 1.16 bits per heavy atom. The number of nitrogens with one attached hydrogen (secondary N) is 2. The molecule has 3 rings (SSSR count). The van der Waals surface area contributed by atoms with Crippen molar-refractivity contribution in [2.75, 3.05) is 0 Å². The number of primary amides is 1. The van der Waals surface area contributed by atoms with Gasteiger partial charge >= 0.3 is 6.09 Å². The van der Waals surface area contributed by atoms with E-state index in [2.05, 4.69) is 17.2 Å². The van der Waals surface area contributed by atoms with E-state index in [1.54, 1.807) is 13.1 Å². The third-order valence-corrected chi connectivity index (χ3v) is 8.64. The van der Waals surface area contributed by atoms with E-state index in [0.29, 0.717) is 12.3 Å². The maximum absolute atomic E-state index is 13.9. The summed E-state index contributed by atoms with van der Waals surface area (Å²) < 4.78 is 5.47. The van der Waals surface area contributed by atoms with Gasteiger partial charge in [-0.05, 0) is 41.6 Å². The molecule has 4 N–H and O–H groups in total. The van der Waals surface area contributed by atoms with Gasteiger partial charge in [0.15, 0.2) is 0 Å². The van der Waals surface area contributed by atoms with Crippen LogP contribution in [0.15, 0.2) is 23.9 Å². The Morgan fingerprint density at radius 3 is 2.24 bits per heavy atom. The van der Waals surface area contributed by atoms with E-state index < -0.39 is 35.5 Å². The van der Waals surface area contributed by atoms with Crippen LogP contribution in [0.2, 0.25) is 0 Å². The highest BCUT2D eigenvalue weighted by Gasteiger charge is 2.65. The smallest absolute Gasteiger partial charge is 0.408 e. The number of rotatable bonds is 10. The third-order valence-electron chi connectivity index (χ3n) is 8.64. The minimum absolute atomic E-state index is 0.123. The number of fused-ring (bicyclic) bond motifs is 1. The lowest BCUT2D eigenvalue weighted by molar-refractivity contribution is -0.141. The summed E-state index contributed by atoms with van der Waals surface area (Å²) in [4.78, 5) is 53.8. The predicted octanol–water partition coefficient (Wildman–Crippen LogP) is 3.64. The summed E-state index contributed by atoms with van der Waals surface area (Å²) >= 11 is 0. The summed E-state index contributed by atoms with van der Waals surface area (Å²) in [6.07, 6.45) is 4.56. The lowest BCUT2D eigenvalue weighted by atomic mass is 9.79. The zero-order chi connectivity index (χ0) is 28.7. The molecule has 38 heavy (non-hydrogen) atoms. The molecule has 4 amide bonds. The molecule has 9 heteroatoms. The lowest BCUT2D eigenvalue weighted by Crippen LogP contribution is -2.59. The number of ether oxygens (including phenoxy) is 1. The molecule has 3 aliphatic rings. The van der Waals surface area contributed by atoms with Gasteiger partial charge in [0, 0.05) is 17.7 Å². The van der Waals surface area contributed by atoms with Crippen LogP contribution >= 0.6 is 0 Å². The molecule has 9 nitrogen and oxygen atoms in total. The quantitative estimate of drug-likeness (QED) is 0.371. The molecule has 2 saturated carbocycles. The van der Waals surface area contributed by atoms with Crippen LogP contribution in [-0.4, -0.2) is 52.9 Å². The molecule has 0 aromatic carbocycles. The van der Waals surface area contributed by atoms with Crippen LogP contribution in [0.4, 0.5) is 4.79 Å². The molecule has 2 fully saturated rings. The van der Waals surface area contributed by atoms with Crippen LogP contribution in [0.1, 0.15) is 81.1 Å². The minimum atomic E-state index is -0.923. The molecule has 0 aromatic heterocycles. The van der Waals surface area contributed by atoms with Crippen LogP contribution in [-0.2, 0) is 19.1 Å². The van der Waals surface area contributed by atoms with Gasteiger partial charge in [-0.1, -0.05) is 74.3 Å². The molecule has 1 heterocycles. The molecular weight excluding hydrogens is 484 g/mol. The van der Waals surface area contributed by atoms with Gasteiger partial charge in [0.2, 0.25) is 11.8 Å². The fraction of sp³-hybridized carbons (Fsp3) is 0.724. The predicted molar refractivity (Wildman–Crippen MR) is 145 cm³/mol. The Balaban J connectivity index is 1.83. The number of alkyl carbamates (subject to hydrolysis) is 1. The standard InChI is InChI=1S/C29H46N4O5/c1-15(2)17(4)38-27(37)32-23(28(5,6)7)26(36)33-14-19-21(29(19,8)9)22(33)25(35)31-20(16(3)24(30)34)13-18-11-10-12-18/h14-15,17-18,20-23H,3,10-13H2,1-2,4-9H3,(H2,30,34)(H,31,35)(H,32,37). The van der Waals surface area contributed by atoms with Crippen molar-refractivity contribution in [1.82, 2.24) is 15.5 Å². The van der Waals surface area contributed by atoms with Crippen molar-refractivity contribution in [2.45, 2.75) is 105 Å². The Hall–Kier alpha value is -2.84. The molecule has 0 spiro atoms. The highest BCUT2D eigenvalue weighted by atomic mass is 16.6. The van der Waals surface area contributed by atoms with Gasteiger partial charge in [-0.25, -0.2) is 4.79 Å². The van der Waals surface area contributed by atoms with Crippen molar-refractivity contribution < 1.29 is 23.9 Å². The molecule has 5 atom stereocenters.